The van der Waals surface area contributed by atoms with Gasteiger partial charge in [0.1, 0.15) is 11.1 Å². The minimum Gasteiger partial charge on any atom is -0.325 e. The minimum absolute atomic E-state index is 0.175. The lowest BCUT2D eigenvalue weighted by atomic mass is 10.0. The fourth-order valence-electron chi connectivity index (χ4n) is 3.25. The molecule has 0 saturated carbocycles. The fraction of sp³-hybridized carbons (Fsp3) is 0.286. The number of halogens is 1. The van der Waals surface area contributed by atoms with E-state index in [1.807, 2.05) is 35.9 Å². The van der Waals surface area contributed by atoms with E-state index in [1.165, 1.54) is 23.9 Å². The van der Waals surface area contributed by atoms with Crippen molar-refractivity contribution >= 4 is 23.4 Å². The first-order valence-electron chi connectivity index (χ1n) is 9.55. The zero-order valence-corrected chi connectivity index (χ0v) is 17.0. The molecule has 0 fully saturated rings. The second kappa shape index (κ2) is 8.24. The Morgan fingerprint density at radius 1 is 1.17 bits per heavy atom. The molecule has 2 heterocycles. The minimum atomic E-state index is -0.464. The summed E-state index contributed by atoms with van der Waals surface area (Å²) in [5.41, 5.74) is 6.15. The molecular weight excluding hydrogens is 389 g/mol. The summed E-state index contributed by atoms with van der Waals surface area (Å²) in [6.45, 7) is 4.12. The summed E-state index contributed by atoms with van der Waals surface area (Å²) in [6, 6.07) is 13.6. The lowest BCUT2D eigenvalue weighted by Crippen LogP contribution is -2.41. The normalized spacial score (nSPS) is 18.0. The molecule has 0 unspecified atom stereocenters. The number of rotatable bonds is 5. The number of carbonyl (C=O) groups is 1. The SMILES string of the molecule is CCCc1nnc2n1N[C@H](c1ccc(C)cc1)[C@H](C(=O)Nc1ccc(F)cc1)S2. The first-order chi connectivity index (χ1) is 14.0. The van der Waals surface area contributed by atoms with E-state index in [0.29, 0.717) is 10.8 Å². The molecule has 0 saturated heterocycles. The lowest BCUT2D eigenvalue weighted by Gasteiger charge is -2.33. The third-order valence-electron chi connectivity index (χ3n) is 4.78. The smallest absolute Gasteiger partial charge is 0.240 e. The van der Waals surface area contributed by atoms with Crippen molar-refractivity contribution in [1.29, 1.82) is 0 Å². The Bertz CT molecular complexity index is 1000. The van der Waals surface area contributed by atoms with Gasteiger partial charge in [-0.25, -0.2) is 9.07 Å². The van der Waals surface area contributed by atoms with Crippen molar-refractivity contribution < 1.29 is 9.18 Å². The van der Waals surface area contributed by atoms with Crippen LogP contribution in [0.3, 0.4) is 0 Å². The van der Waals surface area contributed by atoms with Crippen LogP contribution >= 0.6 is 11.8 Å². The molecule has 4 rings (SSSR count). The molecule has 29 heavy (non-hydrogen) atoms. The topological polar surface area (TPSA) is 71.8 Å². The first kappa shape index (κ1) is 19.4. The first-order valence-corrected chi connectivity index (χ1v) is 10.4. The largest absolute Gasteiger partial charge is 0.325 e. The zero-order chi connectivity index (χ0) is 20.4. The maximum absolute atomic E-state index is 13.2. The van der Waals surface area contributed by atoms with E-state index in [9.17, 15) is 9.18 Å². The van der Waals surface area contributed by atoms with Crippen LogP contribution in [0.1, 0.15) is 36.3 Å². The van der Waals surface area contributed by atoms with E-state index >= 15 is 0 Å². The standard InChI is InChI=1S/C21H22FN5OS/c1-3-4-17-24-25-21-27(17)26-18(14-7-5-13(2)6-8-14)19(29-21)20(28)23-16-11-9-15(22)10-12-16/h5-12,18-19,26H,3-4H2,1-2H3,(H,23,28)/t18-,19-/m1/s1. The van der Waals surface area contributed by atoms with Gasteiger partial charge in [-0.3, -0.25) is 4.79 Å². The van der Waals surface area contributed by atoms with Crippen LogP contribution in [0.4, 0.5) is 10.1 Å². The molecule has 0 radical (unpaired) electrons. The fourth-order valence-corrected chi connectivity index (χ4v) is 4.35. The van der Waals surface area contributed by atoms with Crippen molar-refractivity contribution in [1.82, 2.24) is 14.9 Å². The van der Waals surface area contributed by atoms with Crippen LogP contribution in [0.15, 0.2) is 53.7 Å². The molecule has 2 atom stereocenters. The maximum Gasteiger partial charge on any atom is 0.240 e. The van der Waals surface area contributed by atoms with Crippen molar-refractivity contribution in [3.8, 4) is 0 Å². The molecule has 0 aliphatic carbocycles. The number of amides is 1. The van der Waals surface area contributed by atoms with Crippen LogP contribution in [0.5, 0.6) is 0 Å². The zero-order valence-electron chi connectivity index (χ0n) is 16.2. The third kappa shape index (κ3) is 4.12. The molecule has 6 nitrogen and oxygen atoms in total. The number of hydrogen-bond donors (Lipinski definition) is 2. The van der Waals surface area contributed by atoms with Gasteiger partial charge in [0.25, 0.3) is 0 Å². The van der Waals surface area contributed by atoms with Crippen molar-refractivity contribution in [2.24, 2.45) is 0 Å². The molecule has 3 aromatic rings. The van der Waals surface area contributed by atoms with Crippen molar-refractivity contribution in [2.75, 3.05) is 10.7 Å². The summed E-state index contributed by atoms with van der Waals surface area (Å²) >= 11 is 1.38. The number of aromatic nitrogens is 3. The average molecular weight is 412 g/mol. The number of nitrogens with zero attached hydrogens (tertiary/aromatic N) is 3. The Kier molecular flexibility index (Phi) is 5.53. The number of anilines is 1. The number of thioether (sulfide) groups is 1. The third-order valence-corrected chi connectivity index (χ3v) is 6.00. The maximum atomic E-state index is 13.2. The van der Waals surface area contributed by atoms with Gasteiger partial charge in [-0.1, -0.05) is 48.5 Å². The van der Waals surface area contributed by atoms with Crippen LogP contribution in [-0.2, 0) is 11.2 Å². The number of fused-ring (bicyclic) bond motifs is 1. The molecule has 1 aliphatic heterocycles. The Morgan fingerprint density at radius 3 is 2.59 bits per heavy atom. The molecule has 1 amide bonds. The Hall–Kier alpha value is -2.87. The summed E-state index contributed by atoms with van der Waals surface area (Å²) in [5.74, 6) is 0.335. The molecule has 0 spiro atoms. The Balaban J connectivity index is 1.65. The van der Waals surface area contributed by atoms with Gasteiger partial charge in [0.2, 0.25) is 11.1 Å². The van der Waals surface area contributed by atoms with Gasteiger partial charge >= 0.3 is 0 Å². The molecule has 0 bridgehead atoms. The number of benzene rings is 2. The Labute approximate surface area is 172 Å². The van der Waals surface area contributed by atoms with E-state index in [0.717, 1.165) is 29.8 Å². The highest BCUT2D eigenvalue weighted by Crippen LogP contribution is 2.37. The second-order valence-electron chi connectivity index (χ2n) is 7.04. The number of aryl methyl sites for hydroxylation is 2. The summed E-state index contributed by atoms with van der Waals surface area (Å²) < 4.78 is 15.1. The van der Waals surface area contributed by atoms with E-state index in [4.69, 9.17) is 0 Å². The van der Waals surface area contributed by atoms with Gasteiger partial charge in [-0.05, 0) is 43.2 Å². The van der Waals surface area contributed by atoms with E-state index in [2.05, 4.69) is 27.9 Å². The molecule has 8 heteroatoms. The molecule has 150 valence electrons. The van der Waals surface area contributed by atoms with E-state index in [-0.39, 0.29) is 17.8 Å². The predicted molar refractivity (Wildman–Crippen MR) is 112 cm³/mol. The highest BCUT2D eigenvalue weighted by atomic mass is 32.2. The van der Waals surface area contributed by atoms with Crippen LogP contribution in [-0.4, -0.2) is 26.0 Å². The lowest BCUT2D eigenvalue weighted by molar-refractivity contribution is -0.116. The quantitative estimate of drug-likeness (QED) is 0.662. The van der Waals surface area contributed by atoms with Gasteiger partial charge < -0.3 is 10.7 Å². The van der Waals surface area contributed by atoms with Gasteiger partial charge in [0.15, 0.2) is 5.82 Å². The Morgan fingerprint density at radius 2 is 1.90 bits per heavy atom. The summed E-state index contributed by atoms with van der Waals surface area (Å²) in [5, 5.41) is 11.6. The number of carbonyl (C=O) groups excluding carboxylic acids is 1. The highest BCUT2D eigenvalue weighted by Gasteiger charge is 2.37. The summed E-state index contributed by atoms with van der Waals surface area (Å²) in [4.78, 5) is 13.1. The van der Waals surface area contributed by atoms with E-state index < -0.39 is 5.25 Å². The molecule has 1 aromatic heterocycles. The van der Waals surface area contributed by atoms with Crippen LogP contribution in [0.2, 0.25) is 0 Å². The van der Waals surface area contributed by atoms with Crippen molar-refractivity contribution in [3.63, 3.8) is 0 Å². The molecule has 2 aromatic carbocycles. The number of nitrogens with one attached hydrogen (secondary N) is 2. The van der Waals surface area contributed by atoms with Crippen molar-refractivity contribution in [3.05, 3.63) is 71.3 Å². The van der Waals surface area contributed by atoms with Crippen LogP contribution in [0, 0.1) is 12.7 Å². The van der Waals surface area contributed by atoms with Gasteiger partial charge in [0, 0.05) is 12.1 Å². The summed E-state index contributed by atoms with van der Waals surface area (Å²) in [6.07, 6.45) is 1.75. The predicted octanol–water partition coefficient (Wildman–Crippen LogP) is 4.08. The second-order valence-corrected chi connectivity index (χ2v) is 8.14. The van der Waals surface area contributed by atoms with Gasteiger partial charge in [-0.15, -0.1) is 10.2 Å². The van der Waals surface area contributed by atoms with Gasteiger partial charge in [-0.2, -0.15) is 0 Å². The molecule has 2 N–H and O–H groups in total. The average Bonchev–Trinajstić information content (AvgIpc) is 3.11. The van der Waals surface area contributed by atoms with Crippen molar-refractivity contribution in [2.45, 2.75) is 43.1 Å². The monoisotopic (exact) mass is 411 g/mol. The van der Waals surface area contributed by atoms with Gasteiger partial charge in [0.05, 0.1) is 6.04 Å². The number of hydrogen-bond acceptors (Lipinski definition) is 5. The van der Waals surface area contributed by atoms with E-state index in [1.54, 1.807) is 12.1 Å². The molecular formula is C21H22FN5OS. The highest BCUT2D eigenvalue weighted by molar-refractivity contribution is 8.00. The van der Waals surface area contributed by atoms with Crippen LogP contribution in [0.25, 0.3) is 0 Å². The van der Waals surface area contributed by atoms with Crippen LogP contribution < -0.4 is 10.7 Å². The summed E-state index contributed by atoms with van der Waals surface area (Å²) in [7, 11) is 0. The molecule has 1 aliphatic rings.